The molecule has 18 heavy (non-hydrogen) atoms. The van der Waals surface area contributed by atoms with Gasteiger partial charge in [-0.15, -0.1) is 6.42 Å². The standard InChI is InChI=1S/C14H17NO2S/c1-3-5-9-13-15(12-4-2)18(16,17)14-10-7-6-8-11-14/h2,5-11H,3,12-13H2,1H3/b9-5+. The zero-order chi connectivity index (χ0) is 13.4. The Hall–Kier alpha value is -1.57. The van der Waals surface area contributed by atoms with Gasteiger partial charge >= 0.3 is 0 Å². The van der Waals surface area contributed by atoms with Crippen LogP contribution in [0.4, 0.5) is 0 Å². The fraction of sp³-hybridized carbons (Fsp3) is 0.286. The van der Waals surface area contributed by atoms with Crippen molar-refractivity contribution in [1.82, 2.24) is 4.31 Å². The fourth-order valence-corrected chi connectivity index (χ4v) is 2.78. The van der Waals surface area contributed by atoms with Crippen LogP contribution < -0.4 is 0 Å². The van der Waals surface area contributed by atoms with Crippen molar-refractivity contribution < 1.29 is 8.42 Å². The summed E-state index contributed by atoms with van der Waals surface area (Å²) in [6.45, 7) is 2.37. The Kier molecular flexibility index (Phi) is 5.63. The third-order valence-electron chi connectivity index (χ3n) is 2.36. The van der Waals surface area contributed by atoms with E-state index in [0.717, 1.165) is 6.42 Å². The van der Waals surface area contributed by atoms with Crippen LogP contribution in [0, 0.1) is 12.3 Å². The van der Waals surface area contributed by atoms with E-state index in [1.165, 1.54) is 4.31 Å². The summed E-state index contributed by atoms with van der Waals surface area (Å²) in [7, 11) is -3.50. The van der Waals surface area contributed by atoms with E-state index in [1.807, 2.05) is 19.1 Å². The number of sulfonamides is 1. The molecule has 96 valence electrons. The second-order valence-corrected chi connectivity index (χ2v) is 5.63. The van der Waals surface area contributed by atoms with Gasteiger partial charge in [0.1, 0.15) is 0 Å². The number of terminal acetylenes is 1. The number of benzene rings is 1. The molecule has 0 aliphatic heterocycles. The van der Waals surface area contributed by atoms with Crippen LogP contribution >= 0.6 is 0 Å². The summed E-state index contributed by atoms with van der Waals surface area (Å²) in [5.74, 6) is 2.38. The molecule has 3 nitrogen and oxygen atoms in total. The van der Waals surface area contributed by atoms with E-state index < -0.39 is 10.0 Å². The zero-order valence-electron chi connectivity index (χ0n) is 10.4. The molecule has 0 atom stereocenters. The molecule has 1 rings (SSSR count). The van der Waals surface area contributed by atoms with Crippen molar-refractivity contribution >= 4 is 10.0 Å². The molecule has 0 aromatic heterocycles. The van der Waals surface area contributed by atoms with E-state index in [9.17, 15) is 8.42 Å². The molecule has 0 heterocycles. The summed E-state index contributed by atoms with van der Waals surface area (Å²) in [4.78, 5) is 0.269. The van der Waals surface area contributed by atoms with Gasteiger partial charge in [-0.05, 0) is 18.6 Å². The van der Waals surface area contributed by atoms with Gasteiger partial charge in [0.15, 0.2) is 0 Å². The predicted octanol–water partition coefficient (Wildman–Crippen LogP) is 2.28. The van der Waals surface area contributed by atoms with E-state index in [0.29, 0.717) is 6.54 Å². The second-order valence-electron chi connectivity index (χ2n) is 3.69. The summed E-state index contributed by atoms with van der Waals surface area (Å²) in [6, 6.07) is 8.32. The third-order valence-corrected chi connectivity index (χ3v) is 4.19. The number of rotatable bonds is 6. The van der Waals surface area contributed by atoms with Gasteiger partial charge in [-0.1, -0.05) is 43.2 Å². The van der Waals surface area contributed by atoms with Crippen molar-refractivity contribution in [3.8, 4) is 12.3 Å². The van der Waals surface area contributed by atoms with Crippen molar-refractivity contribution in [1.29, 1.82) is 0 Å². The lowest BCUT2D eigenvalue weighted by atomic mass is 10.4. The minimum atomic E-state index is -3.50. The first-order chi connectivity index (χ1) is 8.62. The minimum Gasteiger partial charge on any atom is -0.207 e. The lowest BCUT2D eigenvalue weighted by Crippen LogP contribution is -2.31. The SMILES string of the molecule is C#CCN(C/C=C/CC)S(=O)(=O)c1ccccc1. The highest BCUT2D eigenvalue weighted by molar-refractivity contribution is 7.89. The highest BCUT2D eigenvalue weighted by Crippen LogP contribution is 2.14. The first-order valence-corrected chi connectivity index (χ1v) is 7.20. The Labute approximate surface area is 109 Å². The second kappa shape index (κ2) is 7.00. The van der Waals surface area contributed by atoms with Crippen molar-refractivity contribution in [3.63, 3.8) is 0 Å². The Balaban J connectivity index is 2.98. The largest absolute Gasteiger partial charge is 0.244 e. The van der Waals surface area contributed by atoms with Gasteiger partial charge in [0.05, 0.1) is 11.4 Å². The molecule has 0 saturated heterocycles. The van der Waals surface area contributed by atoms with Crippen LogP contribution in [-0.2, 0) is 10.0 Å². The highest BCUT2D eigenvalue weighted by atomic mass is 32.2. The van der Waals surface area contributed by atoms with Gasteiger partial charge < -0.3 is 0 Å². The maximum atomic E-state index is 12.3. The van der Waals surface area contributed by atoms with Crippen molar-refractivity contribution in [2.45, 2.75) is 18.2 Å². The molecular formula is C14H17NO2S. The quantitative estimate of drug-likeness (QED) is 0.583. The minimum absolute atomic E-state index is 0.0747. The molecule has 0 saturated carbocycles. The van der Waals surface area contributed by atoms with Gasteiger partial charge in [0.25, 0.3) is 0 Å². The maximum absolute atomic E-state index is 12.3. The number of allylic oxidation sites excluding steroid dienone is 1. The summed E-state index contributed by atoms with van der Waals surface area (Å²) >= 11 is 0. The monoisotopic (exact) mass is 263 g/mol. The topological polar surface area (TPSA) is 37.4 Å². The summed E-state index contributed by atoms with van der Waals surface area (Å²) < 4.78 is 25.9. The lowest BCUT2D eigenvalue weighted by Gasteiger charge is -2.18. The van der Waals surface area contributed by atoms with E-state index in [2.05, 4.69) is 5.92 Å². The van der Waals surface area contributed by atoms with Gasteiger partial charge in [-0.3, -0.25) is 0 Å². The first-order valence-electron chi connectivity index (χ1n) is 5.76. The molecule has 0 N–H and O–H groups in total. The first kappa shape index (κ1) is 14.5. The maximum Gasteiger partial charge on any atom is 0.244 e. The van der Waals surface area contributed by atoms with Crippen LogP contribution in [0.5, 0.6) is 0 Å². The summed E-state index contributed by atoms with van der Waals surface area (Å²) in [5.41, 5.74) is 0. The van der Waals surface area contributed by atoms with Crippen LogP contribution in [0.25, 0.3) is 0 Å². The Bertz CT molecular complexity index is 527. The summed E-state index contributed by atoms with van der Waals surface area (Å²) in [6.07, 6.45) is 9.84. The molecule has 0 spiro atoms. The number of hydrogen-bond acceptors (Lipinski definition) is 2. The Morgan fingerprint density at radius 1 is 1.28 bits per heavy atom. The van der Waals surface area contributed by atoms with Crippen LogP contribution in [0.1, 0.15) is 13.3 Å². The van der Waals surface area contributed by atoms with Crippen LogP contribution in [0.3, 0.4) is 0 Å². The third kappa shape index (κ3) is 3.73. The van der Waals surface area contributed by atoms with Crippen molar-refractivity contribution in [2.24, 2.45) is 0 Å². The average molecular weight is 263 g/mol. The lowest BCUT2D eigenvalue weighted by molar-refractivity contribution is 0.478. The molecule has 0 fully saturated rings. The van der Waals surface area contributed by atoms with E-state index in [1.54, 1.807) is 30.3 Å². The van der Waals surface area contributed by atoms with E-state index >= 15 is 0 Å². The van der Waals surface area contributed by atoms with Gasteiger partial charge in [0, 0.05) is 6.54 Å². The summed E-state index contributed by atoms with van der Waals surface area (Å²) in [5, 5.41) is 0. The molecule has 0 amide bonds. The molecule has 0 aliphatic rings. The van der Waals surface area contributed by atoms with E-state index in [-0.39, 0.29) is 11.4 Å². The van der Waals surface area contributed by atoms with Gasteiger partial charge in [0.2, 0.25) is 10.0 Å². The molecule has 0 radical (unpaired) electrons. The van der Waals surface area contributed by atoms with Crippen molar-refractivity contribution in [3.05, 3.63) is 42.5 Å². The highest BCUT2D eigenvalue weighted by Gasteiger charge is 2.22. The van der Waals surface area contributed by atoms with Crippen LogP contribution in [0.15, 0.2) is 47.4 Å². The molecular weight excluding hydrogens is 246 g/mol. The van der Waals surface area contributed by atoms with Gasteiger partial charge in [-0.25, -0.2) is 8.42 Å². The molecule has 0 aliphatic carbocycles. The van der Waals surface area contributed by atoms with Crippen molar-refractivity contribution in [2.75, 3.05) is 13.1 Å². The van der Waals surface area contributed by atoms with Crippen LogP contribution in [0.2, 0.25) is 0 Å². The zero-order valence-corrected chi connectivity index (χ0v) is 11.2. The van der Waals surface area contributed by atoms with E-state index in [4.69, 9.17) is 6.42 Å². The molecule has 0 bridgehead atoms. The molecule has 1 aromatic carbocycles. The molecule has 4 heteroatoms. The Morgan fingerprint density at radius 2 is 1.94 bits per heavy atom. The average Bonchev–Trinajstić information content (AvgIpc) is 2.39. The fourth-order valence-electron chi connectivity index (χ4n) is 1.45. The Morgan fingerprint density at radius 3 is 2.50 bits per heavy atom. The normalized spacial score (nSPS) is 11.8. The smallest absolute Gasteiger partial charge is 0.207 e. The number of nitrogens with zero attached hydrogens (tertiary/aromatic N) is 1. The number of hydrogen-bond donors (Lipinski definition) is 0. The molecule has 0 unspecified atom stereocenters. The predicted molar refractivity (Wildman–Crippen MR) is 73.5 cm³/mol. The molecule has 1 aromatic rings. The van der Waals surface area contributed by atoms with Crippen LogP contribution in [-0.4, -0.2) is 25.8 Å². The van der Waals surface area contributed by atoms with Gasteiger partial charge in [-0.2, -0.15) is 4.31 Å².